The van der Waals surface area contributed by atoms with Crippen LogP contribution in [0.2, 0.25) is 0 Å². The second-order valence-electron chi connectivity index (χ2n) is 7.36. The smallest absolute Gasteiger partial charge is 0.266 e. The molecule has 0 aliphatic carbocycles. The molecule has 0 unspecified atom stereocenters. The number of amides is 1. The van der Waals surface area contributed by atoms with Gasteiger partial charge in [-0.15, -0.1) is 11.3 Å². The Morgan fingerprint density at radius 3 is 2.86 bits per heavy atom. The quantitative estimate of drug-likeness (QED) is 0.569. The fourth-order valence-electron chi connectivity index (χ4n) is 3.98. The summed E-state index contributed by atoms with van der Waals surface area (Å²) in [6, 6.07) is 8.20. The highest BCUT2D eigenvalue weighted by Gasteiger charge is 2.33. The molecule has 2 aliphatic rings. The van der Waals surface area contributed by atoms with E-state index in [0.29, 0.717) is 13.2 Å². The van der Waals surface area contributed by atoms with Gasteiger partial charge >= 0.3 is 0 Å². The molecule has 0 N–H and O–H groups in total. The minimum Gasteiger partial charge on any atom is -0.490 e. The van der Waals surface area contributed by atoms with Crippen molar-refractivity contribution in [2.45, 2.75) is 32.2 Å². The fraction of sp³-hybridized carbons (Fsp3) is 0.364. The number of ether oxygens (including phenoxy) is 2. The van der Waals surface area contributed by atoms with Crippen LogP contribution in [0.15, 0.2) is 35.0 Å². The van der Waals surface area contributed by atoms with Crippen molar-refractivity contribution in [2.75, 3.05) is 19.8 Å². The van der Waals surface area contributed by atoms with Gasteiger partial charge in [-0.25, -0.2) is 4.98 Å². The molecule has 3 aromatic rings. The Kier molecular flexibility index (Phi) is 5.01. The molecule has 4 heterocycles. The third-order valence-electron chi connectivity index (χ3n) is 5.43. The lowest BCUT2D eigenvalue weighted by Crippen LogP contribution is -2.30. The number of nitrogens with zero attached hydrogens (tertiary/aromatic N) is 2. The Labute approximate surface area is 177 Å². The van der Waals surface area contributed by atoms with Crippen molar-refractivity contribution in [2.24, 2.45) is 0 Å². The molecule has 0 saturated carbocycles. The second kappa shape index (κ2) is 7.80. The van der Waals surface area contributed by atoms with Crippen LogP contribution in [-0.2, 0) is 0 Å². The number of aryl methyl sites for hydroxylation is 1. The van der Waals surface area contributed by atoms with Crippen LogP contribution < -0.4 is 9.47 Å². The molecule has 0 radical (unpaired) electrons. The van der Waals surface area contributed by atoms with E-state index in [2.05, 4.69) is 16.4 Å². The second-order valence-corrected chi connectivity index (χ2v) is 9.14. The summed E-state index contributed by atoms with van der Waals surface area (Å²) in [7, 11) is 0. The molecule has 0 bridgehead atoms. The summed E-state index contributed by atoms with van der Waals surface area (Å²) in [5.74, 6) is 1.66. The fourth-order valence-corrected chi connectivity index (χ4v) is 5.71. The van der Waals surface area contributed by atoms with Crippen LogP contribution in [-0.4, -0.2) is 35.5 Å². The third kappa shape index (κ3) is 3.53. The molecule has 2 aliphatic heterocycles. The normalized spacial score (nSPS) is 18.7. The number of carbonyl (C=O) groups is 1. The first-order valence-corrected chi connectivity index (χ1v) is 11.7. The summed E-state index contributed by atoms with van der Waals surface area (Å²) in [4.78, 5) is 20.8. The van der Waals surface area contributed by atoms with Crippen LogP contribution in [0.4, 0.5) is 0 Å². The van der Waals surface area contributed by atoms with Gasteiger partial charge in [0, 0.05) is 23.9 Å². The van der Waals surface area contributed by atoms with E-state index in [9.17, 15) is 4.79 Å². The average molecular weight is 427 g/mol. The predicted molar refractivity (Wildman–Crippen MR) is 115 cm³/mol. The molecule has 5 nitrogen and oxygen atoms in total. The lowest BCUT2D eigenvalue weighted by atomic mass is 10.0. The minimum absolute atomic E-state index is 0.0609. The molecule has 1 fully saturated rings. The van der Waals surface area contributed by atoms with Gasteiger partial charge in [0.25, 0.3) is 5.91 Å². The lowest BCUT2D eigenvalue weighted by Gasteiger charge is -2.25. The van der Waals surface area contributed by atoms with E-state index in [1.807, 2.05) is 35.4 Å². The first kappa shape index (κ1) is 18.6. The first-order valence-electron chi connectivity index (χ1n) is 9.91. The van der Waals surface area contributed by atoms with Crippen molar-refractivity contribution >= 4 is 28.6 Å². The highest BCUT2D eigenvalue weighted by molar-refractivity contribution is 7.17. The van der Waals surface area contributed by atoms with Crippen LogP contribution in [0, 0.1) is 6.92 Å². The van der Waals surface area contributed by atoms with E-state index in [-0.39, 0.29) is 11.9 Å². The van der Waals surface area contributed by atoms with Crippen molar-refractivity contribution in [3.63, 3.8) is 0 Å². The van der Waals surface area contributed by atoms with Crippen molar-refractivity contribution < 1.29 is 14.3 Å². The van der Waals surface area contributed by atoms with Gasteiger partial charge in [0.2, 0.25) is 0 Å². The van der Waals surface area contributed by atoms with E-state index in [0.717, 1.165) is 64.0 Å². The molecule has 5 rings (SSSR count). The number of thiophene rings is 1. The molecule has 1 amide bonds. The van der Waals surface area contributed by atoms with E-state index in [1.54, 1.807) is 11.3 Å². The maximum absolute atomic E-state index is 13.4. The monoisotopic (exact) mass is 426 g/mol. The Hall–Kier alpha value is -2.38. The number of likely N-dealkylation sites (tertiary alicyclic amines) is 1. The lowest BCUT2D eigenvalue weighted by molar-refractivity contribution is 0.0739. The van der Waals surface area contributed by atoms with Crippen molar-refractivity contribution in [1.82, 2.24) is 9.88 Å². The first-order chi connectivity index (χ1) is 14.2. The van der Waals surface area contributed by atoms with Gasteiger partial charge in [-0.1, -0.05) is 6.07 Å². The maximum Gasteiger partial charge on any atom is 0.266 e. The molecule has 7 heteroatoms. The molecule has 1 atom stereocenters. The van der Waals surface area contributed by atoms with Crippen LogP contribution in [0.1, 0.15) is 46.2 Å². The van der Waals surface area contributed by atoms with Gasteiger partial charge in [-0.05, 0) is 48.9 Å². The zero-order valence-corrected chi connectivity index (χ0v) is 17.9. The largest absolute Gasteiger partial charge is 0.490 e. The van der Waals surface area contributed by atoms with Crippen molar-refractivity contribution in [3.05, 3.63) is 51.2 Å². The number of hydrogen-bond donors (Lipinski definition) is 0. The van der Waals surface area contributed by atoms with E-state index < -0.39 is 0 Å². The summed E-state index contributed by atoms with van der Waals surface area (Å²) >= 11 is 3.14. The van der Waals surface area contributed by atoms with Crippen LogP contribution >= 0.6 is 22.7 Å². The standard InChI is InChI=1S/C22H22N2O3S2/c1-14-20(29-21(23-14)16-7-11-28-13-16)22(25)24-8-2-4-17(24)15-5-6-18-19(12-15)27-10-3-9-26-18/h5-7,11-13,17H,2-4,8-10H2,1H3/t17-/m1/s1. The summed E-state index contributed by atoms with van der Waals surface area (Å²) in [5.41, 5.74) is 3.01. The summed E-state index contributed by atoms with van der Waals surface area (Å²) < 4.78 is 11.6. The Morgan fingerprint density at radius 2 is 2.03 bits per heavy atom. The average Bonchev–Trinajstić information content (AvgIpc) is 3.45. The summed E-state index contributed by atoms with van der Waals surface area (Å²) in [5, 5.41) is 5.02. The van der Waals surface area contributed by atoms with Crippen LogP contribution in [0.5, 0.6) is 11.5 Å². The van der Waals surface area contributed by atoms with E-state index in [4.69, 9.17) is 9.47 Å². The number of thiazole rings is 1. The maximum atomic E-state index is 13.4. The van der Waals surface area contributed by atoms with E-state index in [1.165, 1.54) is 11.3 Å². The SMILES string of the molecule is Cc1nc(-c2ccsc2)sc1C(=O)N1CCC[C@@H]1c1ccc2c(c1)OCCCO2. The molecule has 150 valence electrons. The number of aromatic nitrogens is 1. The van der Waals surface area contributed by atoms with Crippen LogP contribution in [0.25, 0.3) is 10.6 Å². The molecule has 1 saturated heterocycles. The summed E-state index contributed by atoms with van der Waals surface area (Å²) in [6.45, 7) is 4.04. The number of hydrogen-bond acceptors (Lipinski definition) is 6. The number of benzene rings is 1. The predicted octanol–water partition coefficient (Wildman–Crippen LogP) is 5.32. The van der Waals surface area contributed by atoms with Crippen molar-refractivity contribution in [1.29, 1.82) is 0 Å². The summed E-state index contributed by atoms with van der Waals surface area (Å²) in [6.07, 6.45) is 2.84. The minimum atomic E-state index is 0.0609. The van der Waals surface area contributed by atoms with Crippen molar-refractivity contribution in [3.8, 4) is 22.1 Å². The highest BCUT2D eigenvalue weighted by atomic mass is 32.1. The van der Waals surface area contributed by atoms with Gasteiger partial charge in [0.15, 0.2) is 11.5 Å². The van der Waals surface area contributed by atoms with Gasteiger partial charge in [-0.2, -0.15) is 11.3 Å². The Morgan fingerprint density at radius 1 is 1.17 bits per heavy atom. The molecule has 2 aromatic heterocycles. The molecular formula is C22H22N2O3S2. The topological polar surface area (TPSA) is 51.7 Å². The zero-order chi connectivity index (χ0) is 19.8. The van der Waals surface area contributed by atoms with Gasteiger partial charge < -0.3 is 14.4 Å². The van der Waals surface area contributed by atoms with Crippen LogP contribution in [0.3, 0.4) is 0 Å². The van der Waals surface area contributed by atoms with Gasteiger partial charge in [0.05, 0.1) is 24.9 Å². The Balaban J connectivity index is 1.43. The molecule has 29 heavy (non-hydrogen) atoms. The molecular weight excluding hydrogens is 404 g/mol. The van der Waals surface area contributed by atoms with Gasteiger partial charge in [0.1, 0.15) is 9.88 Å². The number of rotatable bonds is 3. The third-order valence-corrected chi connectivity index (χ3v) is 7.31. The Bertz CT molecular complexity index is 1030. The molecule has 1 aromatic carbocycles. The highest BCUT2D eigenvalue weighted by Crippen LogP contribution is 2.39. The zero-order valence-electron chi connectivity index (χ0n) is 16.2. The van der Waals surface area contributed by atoms with E-state index >= 15 is 0 Å². The molecule has 0 spiro atoms. The number of carbonyl (C=O) groups excluding carboxylic acids is 1. The van der Waals surface area contributed by atoms with Gasteiger partial charge in [-0.3, -0.25) is 4.79 Å². The number of fused-ring (bicyclic) bond motifs is 1.